The molecule has 1 heterocycles. The number of aliphatic hydroxyl groups is 1. The third kappa shape index (κ3) is 3.26. The Morgan fingerprint density at radius 1 is 1.15 bits per heavy atom. The molecule has 0 aliphatic carbocycles. The first kappa shape index (κ1) is 18.6. The highest BCUT2D eigenvalue weighted by atomic mass is 79.9. The van der Waals surface area contributed by atoms with E-state index in [0.29, 0.717) is 5.56 Å². The lowest BCUT2D eigenvalue weighted by Gasteiger charge is -2.32. The summed E-state index contributed by atoms with van der Waals surface area (Å²) < 4.78 is 41.4. The van der Waals surface area contributed by atoms with Crippen LogP contribution in [0.4, 0.5) is 13.2 Å². The minimum absolute atomic E-state index is 0.0130. The predicted octanol–water partition coefficient (Wildman–Crippen LogP) is 4.26. The molecule has 136 valence electrons. The smallest absolute Gasteiger partial charge is 0.362 e. The summed E-state index contributed by atoms with van der Waals surface area (Å²) in [7, 11) is 0. The molecule has 0 saturated heterocycles. The maximum absolute atomic E-state index is 13.6. The number of carbonyl (C=O) groups is 1. The summed E-state index contributed by atoms with van der Waals surface area (Å²) in [4.78, 5) is 12.6. The Hall–Kier alpha value is -2.19. The van der Waals surface area contributed by atoms with Gasteiger partial charge >= 0.3 is 6.18 Å². The number of amides is 1. The standard InChI is InChI=1S/C18H14BrF3N2O2/c1-11-2-4-13(5-3-11)16(25)24-17(26,18(20,21)22)10-15(23-24)12-6-8-14(19)9-7-12/h2-9,26H,10H2,1H3. The molecule has 1 aliphatic heterocycles. The van der Waals surface area contributed by atoms with Crippen LogP contribution in [0.5, 0.6) is 0 Å². The minimum Gasteiger partial charge on any atom is -0.362 e. The molecule has 0 radical (unpaired) electrons. The molecule has 0 fully saturated rings. The van der Waals surface area contributed by atoms with Crippen LogP contribution in [0.1, 0.15) is 27.9 Å². The second-order valence-electron chi connectivity index (χ2n) is 6.03. The third-order valence-electron chi connectivity index (χ3n) is 4.11. The highest BCUT2D eigenvalue weighted by Crippen LogP contribution is 2.42. The zero-order valence-corrected chi connectivity index (χ0v) is 15.2. The van der Waals surface area contributed by atoms with E-state index in [1.807, 2.05) is 0 Å². The molecule has 3 rings (SSSR count). The Morgan fingerprint density at radius 3 is 2.27 bits per heavy atom. The fourth-order valence-electron chi connectivity index (χ4n) is 2.60. The lowest BCUT2D eigenvalue weighted by Crippen LogP contribution is -2.56. The van der Waals surface area contributed by atoms with Crippen LogP contribution in [0.3, 0.4) is 0 Å². The first-order valence-electron chi connectivity index (χ1n) is 7.65. The van der Waals surface area contributed by atoms with Gasteiger partial charge in [-0.05, 0) is 36.8 Å². The largest absolute Gasteiger partial charge is 0.438 e. The van der Waals surface area contributed by atoms with Crippen molar-refractivity contribution in [2.45, 2.75) is 25.2 Å². The first-order valence-corrected chi connectivity index (χ1v) is 8.45. The second-order valence-corrected chi connectivity index (χ2v) is 6.94. The van der Waals surface area contributed by atoms with E-state index in [4.69, 9.17) is 0 Å². The second kappa shape index (κ2) is 6.51. The minimum atomic E-state index is -5.06. The van der Waals surface area contributed by atoms with E-state index < -0.39 is 24.2 Å². The van der Waals surface area contributed by atoms with Crippen LogP contribution in [0.25, 0.3) is 0 Å². The zero-order chi connectivity index (χ0) is 19.1. The Balaban J connectivity index is 2.03. The van der Waals surface area contributed by atoms with Gasteiger partial charge in [0, 0.05) is 10.0 Å². The number of alkyl halides is 3. The van der Waals surface area contributed by atoms with E-state index in [2.05, 4.69) is 21.0 Å². The van der Waals surface area contributed by atoms with Gasteiger partial charge in [0.25, 0.3) is 11.6 Å². The Morgan fingerprint density at radius 2 is 1.73 bits per heavy atom. The molecule has 8 heteroatoms. The van der Waals surface area contributed by atoms with Gasteiger partial charge in [0.05, 0.1) is 12.1 Å². The Kier molecular flexibility index (Phi) is 4.66. The molecule has 2 aromatic carbocycles. The Labute approximate surface area is 156 Å². The number of hydrazone groups is 1. The SMILES string of the molecule is Cc1ccc(C(=O)N2N=C(c3ccc(Br)cc3)CC2(O)C(F)(F)F)cc1. The number of rotatable bonds is 2. The molecule has 0 saturated carbocycles. The van der Waals surface area contributed by atoms with E-state index >= 15 is 0 Å². The summed E-state index contributed by atoms with van der Waals surface area (Å²) in [6.45, 7) is 1.79. The van der Waals surface area contributed by atoms with Crippen molar-refractivity contribution in [2.75, 3.05) is 0 Å². The van der Waals surface area contributed by atoms with Gasteiger partial charge in [0.15, 0.2) is 0 Å². The van der Waals surface area contributed by atoms with E-state index in [0.717, 1.165) is 10.0 Å². The van der Waals surface area contributed by atoms with Crippen molar-refractivity contribution < 1.29 is 23.1 Å². The van der Waals surface area contributed by atoms with Gasteiger partial charge < -0.3 is 5.11 Å². The average Bonchev–Trinajstić information content (AvgIpc) is 2.94. The van der Waals surface area contributed by atoms with Gasteiger partial charge in [-0.3, -0.25) is 4.79 Å². The summed E-state index contributed by atoms with van der Waals surface area (Å²) in [5, 5.41) is 14.3. The molecular weight excluding hydrogens is 413 g/mol. The summed E-state index contributed by atoms with van der Waals surface area (Å²) in [5.41, 5.74) is -2.14. The van der Waals surface area contributed by atoms with Crippen molar-refractivity contribution in [1.29, 1.82) is 0 Å². The van der Waals surface area contributed by atoms with Gasteiger partial charge in [-0.15, -0.1) is 0 Å². The van der Waals surface area contributed by atoms with Crippen LogP contribution in [0.2, 0.25) is 0 Å². The lowest BCUT2D eigenvalue weighted by atomic mass is 10.0. The number of aryl methyl sites for hydroxylation is 1. The van der Waals surface area contributed by atoms with Gasteiger partial charge in [0.1, 0.15) is 0 Å². The Bertz CT molecular complexity index is 864. The molecule has 4 nitrogen and oxygen atoms in total. The molecule has 0 bridgehead atoms. The van der Waals surface area contributed by atoms with Crippen LogP contribution in [-0.4, -0.2) is 33.6 Å². The number of nitrogens with zero attached hydrogens (tertiary/aromatic N) is 2. The van der Waals surface area contributed by atoms with Gasteiger partial charge in [-0.1, -0.05) is 45.8 Å². The van der Waals surface area contributed by atoms with Crippen molar-refractivity contribution in [3.05, 3.63) is 69.7 Å². The molecule has 1 N–H and O–H groups in total. The molecule has 2 aromatic rings. The van der Waals surface area contributed by atoms with Crippen molar-refractivity contribution in [1.82, 2.24) is 5.01 Å². The van der Waals surface area contributed by atoms with E-state index in [-0.39, 0.29) is 16.3 Å². The number of benzene rings is 2. The monoisotopic (exact) mass is 426 g/mol. The number of hydrogen-bond acceptors (Lipinski definition) is 3. The fraction of sp³-hybridized carbons (Fsp3) is 0.222. The maximum Gasteiger partial charge on any atom is 0.438 e. The topological polar surface area (TPSA) is 52.9 Å². The summed E-state index contributed by atoms with van der Waals surface area (Å²) in [6, 6.07) is 12.5. The van der Waals surface area contributed by atoms with Gasteiger partial charge in [0.2, 0.25) is 0 Å². The molecule has 1 amide bonds. The van der Waals surface area contributed by atoms with Crippen LogP contribution in [0, 0.1) is 6.92 Å². The lowest BCUT2D eigenvalue weighted by molar-refractivity contribution is -0.297. The summed E-state index contributed by atoms with van der Waals surface area (Å²) >= 11 is 3.25. The summed E-state index contributed by atoms with van der Waals surface area (Å²) in [6.07, 6.45) is -5.90. The van der Waals surface area contributed by atoms with Crippen molar-refractivity contribution in [3.63, 3.8) is 0 Å². The molecule has 0 aromatic heterocycles. The van der Waals surface area contributed by atoms with Crippen molar-refractivity contribution in [2.24, 2.45) is 5.10 Å². The van der Waals surface area contributed by atoms with Crippen LogP contribution in [0.15, 0.2) is 58.1 Å². The molecule has 1 aliphatic rings. The highest BCUT2D eigenvalue weighted by Gasteiger charge is 2.63. The van der Waals surface area contributed by atoms with Crippen LogP contribution in [-0.2, 0) is 0 Å². The summed E-state index contributed by atoms with van der Waals surface area (Å²) in [5.74, 6) is -1.02. The van der Waals surface area contributed by atoms with E-state index in [9.17, 15) is 23.1 Å². The number of halogens is 4. The molecule has 0 spiro atoms. The van der Waals surface area contributed by atoms with E-state index in [1.165, 1.54) is 12.1 Å². The van der Waals surface area contributed by atoms with Gasteiger partial charge in [-0.2, -0.15) is 23.3 Å². The zero-order valence-electron chi connectivity index (χ0n) is 13.6. The normalized spacial score (nSPS) is 20.2. The van der Waals surface area contributed by atoms with Crippen LogP contribution < -0.4 is 0 Å². The number of hydrogen-bond donors (Lipinski definition) is 1. The fourth-order valence-corrected chi connectivity index (χ4v) is 2.87. The predicted molar refractivity (Wildman–Crippen MR) is 93.6 cm³/mol. The van der Waals surface area contributed by atoms with E-state index in [1.54, 1.807) is 43.3 Å². The first-order chi connectivity index (χ1) is 12.1. The maximum atomic E-state index is 13.6. The average molecular weight is 427 g/mol. The molecule has 1 atom stereocenters. The molecular formula is C18H14BrF3N2O2. The van der Waals surface area contributed by atoms with Gasteiger partial charge in [-0.25, -0.2) is 0 Å². The molecule has 26 heavy (non-hydrogen) atoms. The number of carbonyl (C=O) groups excluding carboxylic acids is 1. The van der Waals surface area contributed by atoms with Crippen LogP contribution >= 0.6 is 15.9 Å². The third-order valence-corrected chi connectivity index (χ3v) is 4.64. The highest BCUT2D eigenvalue weighted by molar-refractivity contribution is 9.10. The van der Waals surface area contributed by atoms with Crippen molar-refractivity contribution >= 4 is 27.5 Å². The van der Waals surface area contributed by atoms with Crippen molar-refractivity contribution in [3.8, 4) is 0 Å². The quantitative estimate of drug-likeness (QED) is 0.779. The molecule has 1 unspecified atom stereocenters.